The molecule has 0 bridgehead atoms. The number of ether oxygens (including phenoxy) is 1. The number of ketones is 1. The average Bonchev–Trinajstić information content (AvgIpc) is 3.25. The number of aliphatic hydroxyl groups is 1. The normalized spacial score (nSPS) is 17.8. The van der Waals surface area contributed by atoms with E-state index in [0.29, 0.717) is 17.1 Å². The third kappa shape index (κ3) is 3.78. The van der Waals surface area contributed by atoms with Gasteiger partial charge in [-0.15, -0.1) is 0 Å². The van der Waals surface area contributed by atoms with Gasteiger partial charge in [-0.1, -0.05) is 43.1 Å². The molecule has 1 aliphatic rings. The number of rotatable bonds is 6. The minimum absolute atomic E-state index is 0.0485. The lowest BCUT2D eigenvalue weighted by Crippen LogP contribution is -2.30. The van der Waals surface area contributed by atoms with Crippen molar-refractivity contribution in [2.24, 2.45) is 7.05 Å². The third-order valence-corrected chi connectivity index (χ3v) is 6.44. The number of amides is 1. The highest BCUT2D eigenvalue weighted by molar-refractivity contribution is 6.46. The molecule has 2 aromatic carbocycles. The van der Waals surface area contributed by atoms with E-state index in [4.69, 9.17) is 16.3 Å². The lowest BCUT2D eigenvalue weighted by atomic mass is 9.94. The van der Waals surface area contributed by atoms with E-state index in [9.17, 15) is 14.7 Å². The number of nitrogens with zero attached hydrogens (tertiary/aromatic N) is 2. The van der Waals surface area contributed by atoms with Crippen LogP contribution < -0.4 is 4.74 Å². The van der Waals surface area contributed by atoms with Gasteiger partial charge in [0.15, 0.2) is 0 Å². The Balaban J connectivity index is 2.01. The van der Waals surface area contributed by atoms with Crippen LogP contribution in [0, 0.1) is 6.92 Å². The molecule has 33 heavy (non-hydrogen) atoms. The fourth-order valence-electron chi connectivity index (χ4n) is 4.61. The Kier molecular flexibility index (Phi) is 6.21. The van der Waals surface area contributed by atoms with E-state index in [0.717, 1.165) is 34.9 Å². The van der Waals surface area contributed by atoms with Crippen molar-refractivity contribution in [2.75, 3.05) is 13.7 Å². The third-order valence-electron chi connectivity index (χ3n) is 6.16. The Bertz CT molecular complexity index is 1290. The highest BCUT2D eigenvalue weighted by atomic mass is 35.5. The molecule has 0 saturated carbocycles. The number of unbranched alkanes of at least 4 members (excludes halogenated alkanes) is 1. The molecule has 1 saturated heterocycles. The van der Waals surface area contributed by atoms with Crippen LogP contribution in [0.25, 0.3) is 16.7 Å². The highest BCUT2D eigenvalue weighted by Gasteiger charge is 2.47. The molecule has 1 atom stereocenters. The molecule has 1 amide bonds. The van der Waals surface area contributed by atoms with Gasteiger partial charge in [-0.2, -0.15) is 0 Å². The Morgan fingerprint density at radius 3 is 2.64 bits per heavy atom. The summed E-state index contributed by atoms with van der Waals surface area (Å²) < 4.78 is 7.41. The van der Waals surface area contributed by atoms with Crippen LogP contribution in [0.1, 0.15) is 42.5 Å². The van der Waals surface area contributed by atoms with Crippen molar-refractivity contribution >= 4 is 40.0 Å². The number of fused-ring (bicyclic) bond motifs is 1. The second-order valence-electron chi connectivity index (χ2n) is 8.39. The number of Topliss-reactive ketones (excluding diaryl/α,β-unsaturated/α-hetero) is 1. The lowest BCUT2D eigenvalue weighted by molar-refractivity contribution is -0.139. The Morgan fingerprint density at radius 2 is 1.94 bits per heavy atom. The van der Waals surface area contributed by atoms with Crippen LogP contribution in [-0.2, 0) is 16.6 Å². The van der Waals surface area contributed by atoms with Crippen molar-refractivity contribution in [2.45, 2.75) is 32.7 Å². The molecule has 0 radical (unpaired) electrons. The fraction of sp³-hybridized carbons (Fsp3) is 0.308. The Labute approximate surface area is 198 Å². The number of hydrogen-bond donors (Lipinski definition) is 1. The maximum Gasteiger partial charge on any atom is 0.295 e. The van der Waals surface area contributed by atoms with Gasteiger partial charge in [0.05, 0.1) is 29.3 Å². The molecule has 1 fully saturated rings. The first-order valence-corrected chi connectivity index (χ1v) is 11.3. The van der Waals surface area contributed by atoms with E-state index in [2.05, 4.69) is 0 Å². The van der Waals surface area contributed by atoms with Crippen LogP contribution in [0.4, 0.5) is 0 Å². The number of halogens is 1. The largest absolute Gasteiger partial charge is 0.507 e. The zero-order valence-corrected chi connectivity index (χ0v) is 19.9. The minimum Gasteiger partial charge on any atom is -0.507 e. The van der Waals surface area contributed by atoms with Gasteiger partial charge in [-0.05, 0) is 37.1 Å². The van der Waals surface area contributed by atoms with Crippen molar-refractivity contribution < 1.29 is 19.4 Å². The zero-order valence-electron chi connectivity index (χ0n) is 19.2. The maximum atomic E-state index is 13.3. The standard InChI is InChI=1S/C26H27ClN2O4/c1-5-6-11-29-22(18-14-28(3)20-10-8-7-9-16(18)20)21(24(31)26(29)32)23(30)17-12-15(2)13-19(27)25(17)33-4/h7-10,12-14,22,30H,5-6,11H2,1-4H3/b23-21+. The molecule has 0 spiro atoms. The second kappa shape index (κ2) is 8.94. The molecule has 7 heteroatoms. The van der Waals surface area contributed by atoms with Crippen molar-refractivity contribution in [1.29, 1.82) is 0 Å². The molecule has 1 aliphatic heterocycles. The summed E-state index contributed by atoms with van der Waals surface area (Å²) in [6, 6.07) is 10.5. The topological polar surface area (TPSA) is 71.8 Å². The van der Waals surface area contributed by atoms with Crippen LogP contribution in [0.2, 0.25) is 5.02 Å². The summed E-state index contributed by atoms with van der Waals surface area (Å²) in [4.78, 5) is 28.0. The van der Waals surface area contributed by atoms with Crippen LogP contribution in [0.3, 0.4) is 0 Å². The molecule has 172 valence electrons. The van der Waals surface area contributed by atoms with Gasteiger partial charge in [-0.3, -0.25) is 9.59 Å². The van der Waals surface area contributed by atoms with Crippen LogP contribution >= 0.6 is 11.6 Å². The number of benzene rings is 2. The quantitative estimate of drug-likeness (QED) is 0.301. The van der Waals surface area contributed by atoms with Crippen LogP contribution in [0.5, 0.6) is 5.75 Å². The summed E-state index contributed by atoms with van der Waals surface area (Å²) in [5.41, 5.74) is 2.91. The molecule has 3 aromatic rings. The summed E-state index contributed by atoms with van der Waals surface area (Å²) in [6.45, 7) is 4.28. The SMILES string of the molecule is CCCCN1C(=O)C(=O)/C(=C(/O)c2cc(C)cc(Cl)c2OC)C1c1cn(C)c2ccccc12. The van der Waals surface area contributed by atoms with E-state index >= 15 is 0 Å². The van der Waals surface area contributed by atoms with Crippen molar-refractivity contribution in [3.05, 3.63) is 69.9 Å². The van der Waals surface area contributed by atoms with Crippen LogP contribution in [-0.4, -0.2) is 39.9 Å². The predicted molar refractivity (Wildman–Crippen MR) is 130 cm³/mol. The molecular formula is C26H27ClN2O4. The molecule has 1 unspecified atom stereocenters. The number of carbonyl (C=O) groups excluding carboxylic acids is 2. The molecule has 1 N–H and O–H groups in total. The van der Waals surface area contributed by atoms with Gasteiger partial charge >= 0.3 is 0 Å². The number of para-hydroxylation sites is 1. The first kappa shape index (κ1) is 22.9. The van der Waals surface area contributed by atoms with E-state index in [1.807, 2.05) is 55.9 Å². The first-order valence-electron chi connectivity index (χ1n) is 11.0. The number of aliphatic hydroxyl groups excluding tert-OH is 1. The maximum absolute atomic E-state index is 13.3. The molecule has 0 aliphatic carbocycles. The number of aryl methyl sites for hydroxylation is 2. The summed E-state index contributed by atoms with van der Waals surface area (Å²) in [7, 11) is 3.38. The van der Waals surface area contributed by atoms with E-state index in [1.165, 1.54) is 7.11 Å². The van der Waals surface area contributed by atoms with Crippen molar-refractivity contribution in [3.8, 4) is 5.75 Å². The van der Waals surface area contributed by atoms with Crippen molar-refractivity contribution in [1.82, 2.24) is 9.47 Å². The average molecular weight is 467 g/mol. The number of aromatic nitrogens is 1. The lowest BCUT2D eigenvalue weighted by Gasteiger charge is -2.25. The highest BCUT2D eigenvalue weighted by Crippen LogP contribution is 2.44. The Hall–Kier alpha value is -3.25. The smallest absolute Gasteiger partial charge is 0.295 e. The molecule has 2 heterocycles. The fourth-order valence-corrected chi connectivity index (χ4v) is 4.96. The number of hydrogen-bond acceptors (Lipinski definition) is 4. The summed E-state index contributed by atoms with van der Waals surface area (Å²) in [5.74, 6) is -1.34. The monoisotopic (exact) mass is 466 g/mol. The minimum atomic E-state index is -0.716. The Morgan fingerprint density at radius 1 is 1.21 bits per heavy atom. The van der Waals surface area contributed by atoms with Gasteiger partial charge in [-0.25, -0.2) is 0 Å². The molecule has 4 rings (SSSR count). The van der Waals surface area contributed by atoms with Gasteiger partial charge in [0, 0.05) is 36.3 Å². The number of methoxy groups -OCH3 is 1. The molecular weight excluding hydrogens is 440 g/mol. The number of likely N-dealkylation sites (tertiary alicyclic amines) is 1. The van der Waals surface area contributed by atoms with E-state index in [1.54, 1.807) is 17.0 Å². The van der Waals surface area contributed by atoms with Gasteiger partial charge in [0.25, 0.3) is 11.7 Å². The predicted octanol–water partition coefficient (Wildman–Crippen LogP) is 5.37. The van der Waals surface area contributed by atoms with E-state index < -0.39 is 17.7 Å². The summed E-state index contributed by atoms with van der Waals surface area (Å²) in [5, 5.41) is 12.7. The van der Waals surface area contributed by atoms with Crippen molar-refractivity contribution in [3.63, 3.8) is 0 Å². The molecule has 1 aromatic heterocycles. The molecule has 6 nitrogen and oxygen atoms in total. The van der Waals surface area contributed by atoms with Gasteiger partial charge in [0.2, 0.25) is 0 Å². The van der Waals surface area contributed by atoms with E-state index in [-0.39, 0.29) is 17.1 Å². The number of carbonyl (C=O) groups is 2. The summed E-state index contributed by atoms with van der Waals surface area (Å²) >= 11 is 6.36. The zero-order chi connectivity index (χ0) is 23.9. The first-order chi connectivity index (χ1) is 15.8. The van der Waals surface area contributed by atoms with Gasteiger partial charge < -0.3 is 19.3 Å². The van der Waals surface area contributed by atoms with Gasteiger partial charge in [0.1, 0.15) is 11.5 Å². The van der Waals surface area contributed by atoms with Crippen LogP contribution in [0.15, 0.2) is 48.2 Å². The second-order valence-corrected chi connectivity index (χ2v) is 8.79. The summed E-state index contributed by atoms with van der Waals surface area (Å²) in [6.07, 6.45) is 3.54.